The molecule has 5 heteroatoms. The maximum atomic E-state index is 12.3. The molecule has 0 atom stereocenters. The first-order valence-electron chi connectivity index (χ1n) is 15.1. The number of furan rings is 2. The Morgan fingerprint density at radius 1 is 0.533 bits per heavy atom. The Balaban J connectivity index is 1.47. The first kappa shape index (κ1) is 28.5. The van der Waals surface area contributed by atoms with E-state index in [1.54, 1.807) is 27.7 Å². The van der Waals surface area contributed by atoms with Crippen molar-refractivity contribution in [3.63, 3.8) is 0 Å². The highest BCUT2D eigenvalue weighted by atomic mass is 16.3. The first-order chi connectivity index (χ1) is 21.6. The molecule has 0 saturated carbocycles. The van der Waals surface area contributed by atoms with Crippen molar-refractivity contribution in [3.05, 3.63) is 137 Å². The Kier molecular flexibility index (Phi) is 6.79. The minimum Gasteiger partial charge on any atom is -0.455 e. The molecule has 1 N–H and O–H groups in total. The van der Waals surface area contributed by atoms with Gasteiger partial charge in [0.2, 0.25) is 0 Å². The summed E-state index contributed by atoms with van der Waals surface area (Å²) in [5.74, 6) is 1.18. The van der Waals surface area contributed by atoms with Crippen LogP contribution in [0.25, 0.3) is 66.8 Å². The number of rotatable bonds is 7. The molecule has 0 fully saturated rings. The van der Waals surface area contributed by atoms with Gasteiger partial charge in [0.25, 0.3) is 0 Å². The number of para-hydroxylation sites is 2. The van der Waals surface area contributed by atoms with Crippen molar-refractivity contribution < 1.29 is 13.9 Å². The number of nitroso groups, excluding NO2 is 1. The number of benzene rings is 5. The van der Waals surface area contributed by atoms with Crippen LogP contribution in [-0.4, -0.2) is 5.11 Å². The molecule has 0 amide bonds. The van der Waals surface area contributed by atoms with Gasteiger partial charge in [0.1, 0.15) is 28.2 Å². The zero-order valence-corrected chi connectivity index (χ0v) is 25.7. The fourth-order valence-corrected chi connectivity index (χ4v) is 6.15. The number of hydrogen-bond donors (Lipinski definition) is 1. The average Bonchev–Trinajstić information content (AvgIpc) is 3.69. The summed E-state index contributed by atoms with van der Waals surface area (Å²) < 4.78 is 13.2. The molecule has 0 unspecified atom stereocenters. The predicted molar refractivity (Wildman–Crippen MR) is 182 cm³/mol. The van der Waals surface area contributed by atoms with E-state index in [1.807, 2.05) is 97.1 Å². The third kappa shape index (κ3) is 5.05. The summed E-state index contributed by atoms with van der Waals surface area (Å²) in [6.45, 7) is 7.08. The number of fused-ring (bicyclic) bond motifs is 2. The molecule has 0 aliphatic carbocycles. The molecular formula is C40H33NO4. The van der Waals surface area contributed by atoms with Gasteiger partial charge in [0, 0.05) is 33.0 Å². The van der Waals surface area contributed by atoms with E-state index in [1.165, 1.54) is 0 Å². The van der Waals surface area contributed by atoms with Gasteiger partial charge in [-0.25, -0.2) is 0 Å². The third-order valence-corrected chi connectivity index (χ3v) is 8.49. The molecule has 5 aromatic carbocycles. The van der Waals surface area contributed by atoms with Gasteiger partial charge < -0.3 is 13.9 Å². The number of hydrogen-bond acceptors (Lipinski definition) is 5. The monoisotopic (exact) mass is 591 g/mol. The van der Waals surface area contributed by atoms with Crippen molar-refractivity contribution in [1.82, 2.24) is 0 Å². The fraction of sp³-hybridized carbons (Fsp3) is 0.150. The summed E-state index contributed by atoms with van der Waals surface area (Å²) in [4.78, 5) is 12.3. The van der Waals surface area contributed by atoms with Crippen LogP contribution in [0.15, 0.2) is 135 Å². The van der Waals surface area contributed by atoms with Crippen LogP contribution in [0.5, 0.6) is 0 Å². The standard InChI is InChI=1S/C40H33NO4/c1-39(2,41-43)33-23-32(36-22-28-18-12-20-30(38(28)45-36)26-15-9-6-10-16-26)34(40(3,4)42)24-31(33)35-21-27-17-11-19-29(37(27)44-35)25-13-7-5-8-14-25/h5-24,42H,1-4H3. The van der Waals surface area contributed by atoms with Gasteiger partial charge in [-0.1, -0.05) is 102 Å². The van der Waals surface area contributed by atoms with E-state index in [2.05, 4.69) is 29.4 Å². The van der Waals surface area contributed by atoms with Crippen LogP contribution in [0.1, 0.15) is 38.8 Å². The number of aliphatic hydroxyl groups is 1. The summed E-state index contributed by atoms with van der Waals surface area (Å²) in [6, 6.07) is 40.2. The van der Waals surface area contributed by atoms with Gasteiger partial charge in [-0.15, -0.1) is 4.91 Å². The zero-order valence-electron chi connectivity index (χ0n) is 25.7. The van der Waals surface area contributed by atoms with E-state index in [4.69, 9.17) is 8.83 Å². The van der Waals surface area contributed by atoms with E-state index in [0.717, 1.165) is 44.2 Å². The summed E-state index contributed by atoms with van der Waals surface area (Å²) in [5, 5.41) is 17.0. The Morgan fingerprint density at radius 2 is 0.978 bits per heavy atom. The molecule has 7 aromatic rings. The van der Waals surface area contributed by atoms with E-state index >= 15 is 0 Å². The Morgan fingerprint density at radius 3 is 1.42 bits per heavy atom. The lowest BCUT2D eigenvalue weighted by Crippen LogP contribution is -2.20. The minimum atomic E-state index is -1.25. The van der Waals surface area contributed by atoms with Crippen LogP contribution in [-0.2, 0) is 11.1 Å². The van der Waals surface area contributed by atoms with Gasteiger partial charge in [-0.05, 0) is 74.2 Å². The van der Waals surface area contributed by atoms with Crippen molar-refractivity contribution in [3.8, 4) is 44.9 Å². The van der Waals surface area contributed by atoms with Crippen molar-refractivity contribution in [2.24, 2.45) is 5.18 Å². The zero-order chi connectivity index (χ0) is 31.3. The second-order valence-electron chi connectivity index (χ2n) is 12.6. The molecule has 2 heterocycles. The average molecular weight is 592 g/mol. The Hall–Kier alpha value is -5.26. The number of nitrogens with zero attached hydrogens (tertiary/aromatic N) is 1. The van der Waals surface area contributed by atoms with E-state index in [-0.39, 0.29) is 0 Å². The smallest absolute Gasteiger partial charge is 0.142 e. The predicted octanol–water partition coefficient (Wildman–Crippen LogP) is 11.1. The molecule has 7 rings (SSSR count). The lowest BCUT2D eigenvalue weighted by Gasteiger charge is -2.26. The molecule has 2 aromatic heterocycles. The lowest BCUT2D eigenvalue weighted by atomic mass is 9.82. The largest absolute Gasteiger partial charge is 0.455 e. The molecule has 5 nitrogen and oxygen atoms in total. The second-order valence-corrected chi connectivity index (χ2v) is 12.6. The van der Waals surface area contributed by atoms with Gasteiger partial charge in [-0.3, -0.25) is 0 Å². The highest BCUT2D eigenvalue weighted by Gasteiger charge is 2.32. The molecule has 0 radical (unpaired) electrons. The van der Waals surface area contributed by atoms with Crippen LogP contribution >= 0.6 is 0 Å². The van der Waals surface area contributed by atoms with Crippen LogP contribution in [0.4, 0.5) is 0 Å². The molecule has 0 aliphatic heterocycles. The highest BCUT2D eigenvalue weighted by Crippen LogP contribution is 2.45. The maximum absolute atomic E-state index is 12.3. The molecule has 0 saturated heterocycles. The molecule has 45 heavy (non-hydrogen) atoms. The SMILES string of the molecule is CC(C)(O)c1cc(-c2cc3cccc(-c4ccccc4)c3o2)c(C(C)(C)N=O)cc1-c1cc2cccc(-c3ccccc3)c2o1. The Bertz CT molecular complexity index is 2180. The maximum Gasteiger partial charge on any atom is 0.142 e. The van der Waals surface area contributed by atoms with Crippen LogP contribution < -0.4 is 0 Å². The van der Waals surface area contributed by atoms with Crippen LogP contribution in [0.2, 0.25) is 0 Å². The van der Waals surface area contributed by atoms with Crippen LogP contribution in [0, 0.1) is 4.91 Å². The molecule has 0 spiro atoms. The van der Waals surface area contributed by atoms with Gasteiger partial charge in [0.05, 0.1) is 5.60 Å². The normalized spacial score (nSPS) is 12.2. The highest BCUT2D eigenvalue weighted by molar-refractivity contribution is 5.97. The third-order valence-electron chi connectivity index (χ3n) is 8.49. The first-order valence-corrected chi connectivity index (χ1v) is 15.1. The van der Waals surface area contributed by atoms with Crippen molar-refractivity contribution in [1.29, 1.82) is 0 Å². The summed E-state index contributed by atoms with van der Waals surface area (Å²) in [7, 11) is 0. The molecule has 0 aliphatic rings. The van der Waals surface area contributed by atoms with Gasteiger partial charge >= 0.3 is 0 Å². The summed E-state index contributed by atoms with van der Waals surface area (Å²) >= 11 is 0. The van der Waals surface area contributed by atoms with Crippen LogP contribution in [0.3, 0.4) is 0 Å². The quantitative estimate of drug-likeness (QED) is 0.187. The van der Waals surface area contributed by atoms with E-state index < -0.39 is 11.1 Å². The topological polar surface area (TPSA) is 75.9 Å². The van der Waals surface area contributed by atoms with E-state index in [0.29, 0.717) is 33.8 Å². The van der Waals surface area contributed by atoms with E-state index in [9.17, 15) is 10.0 Å². The van der Waals surface area contributed by atoms with Crippen molar-refractivity contribution in [2.75, 3.05) is 0 Å². The van der Waals surface area contributed by atoms with Crippen molar-refractivity contribution in [2.45, 2.75) is 38.8 Å². The second kappa shape index (κ2) is 10.7. The molecular weight excluding hydrogens is 558 g/mol. The molecule has 0 bridgehead atoms. The fourth-order valence-electron chi connectivity index (χ4n) is 6.15. The summed E-state index contributed by atoms with van der Waals surface area (Å²) in [5.41, 5.74) is 5.90. The Labute approximate surface area is 261 Å². The minimum absolute atomic E-state index is 0.591. The van der Waals surface area contributed by atoms with Gasteiger partial charge in [-0.2, -0.15) is 0 Å². The molecule has 222 valence electrons. The lowest BCUT2D eigenvalue weighted by molar-refractivity contribution is 0.0790. The van der Waals surface area contributed by atoms with Crippen molar-refractivity contribution >= 4 is 21.9 Å². The van der Waals surface area contributed by atoms with Gasteiger partial charge in [0.15, 0.2) is 0 Å². The summed E-state index contributed by atoms with van der Waals surface area (Å²) in [6.07, 6.45) is 0.